The van der Waals surface area contributed by atoms with Gasteiger partial charge in [-0.25, -0.2) is 8.78 Å². The molecule has 4 nitrogen and oxygen atoms in total. The number of hydrazine groups is 1. The maximum atomic E-state index is 13.0. The zero-order chi connectivity index (χ0) is 16.3. The highest BCUT2D eigenvalue weighted by Gasteiger charge is 2.14. The summed E-state index contributed by atoms with van der Waals surface area (Å²) in [5.41, 5.74) is 3.86. The molecule has 0 unspecified atom stereocenters. The van der Waals surface area contributed by atoms with Gasteiger partial charge in [-0.05, 0) is 30.3 Å². The van der Waals surface area contributed by atoms with Crippen LogP contribution in [0.4, 0.5) is 8.78 Å². The molecular formula is C14H8Cl2F2N2O2. The Morgan fingerprint density at radius 3 is 2.09 bits per heavy atom. The highest BCUT2D eigenvalue weighted by molar-refractivity contribution is 6.35. The molecule has 0 aliphatic heterocycles. The largest absolute Gasteiger partial charge is 0.271 e. The van der Waals surface area contributed by atoms with Crippen LogP contribution in [0.25, 0.3) is 0 Å². The van der Waals surface area contributed by atoms with Crippen molar-refractivity contribution in [1.82, 2.24) is 10.9 Å². The van der Waals surface area contributed by atoms with Gasteiger partial charge in [-0.3, -0.25) is 20.4 Å². The fourth-order valence-electron chi connectivity index (χ4n) is 1.61. The quantitative estimate of drug-likeness (QED) is 0.821. The smallest absolute Gasteiger partial charge is 0.267 e. The minimum Gasteiger partial charge on any atom is -0.267 e. The van der Waals surface area contributed by atoms with Crippen LogP contribution in [0.1, 0.15) is 20.7 Å². The second kappa shape index (κ2) is 6.72. The number of nitrogens with one attached hydrogen (secondary N) is 2. The molecule has 0 atom stereocenters. The predicted octanol–water partition coefficient (Wildman–Crippen LogP) is 3.35. The van der Waals surface area contributed by atoms with Crippen LogP contribution in [0.15, 0.2) is 36.4 Å². The van der Waals surface area contributed by atoms with E-state index in [1.807, 2.05) is 5.43 Å². The van der Waals surface area contributed by atoms with E-state index in [-0.39, 0.29) is 21.2 Å². The molecule has 0 heterocycles. The Hall–Kier alpha value is -2.18. The summed E-state index contributed by atoms with van der Waals surface area (Å²) in [7, 11) is 0. The fraction of sp³-hybridized carbons (Fsp3) is 0. The third-order valence-electron chi connectivity index (χ3n) is 2.59. The molecule has 0 saturated heterocycles. The third kappa shape index (κ3) is 3.93. The van der Waals surface area contributed by atoms with Gasteiger partial charge < -0.3 is 0 Å². The Labute approximate surface area is 134 Å². The molecular weight excluding hydrogens is 337 g/mol. The monoisotopic (exact) mass is 344 g/mol. The van der Waals surface area contributed by atoms with Gasteiger partial charge >= 0.3 is 0 Å². The van der Waals surface area contributed by atoms with Crippen molar-refractivity contribution in [1.29, 1.82) is 0 Å². The van der Waals surface area contributed by atoms with Crippen LogP contribution in [0, 0.1) is 11.6 Å². The standard InChI is InChI=1S/C14H8Cl2F2N2O2/c15-8-1-2-12(16)11(5-8)14(22)20-19-13(21)7-3-9(17)6-10(18)4-7/h1-6H,(H,19,21)(H,20,22). The summed E-state index contributed by atoms with van der Waals surface area (Å²) < 4.78 is 26.0. The molecule has 0 fully saturated rings. The fourth-order valence-corrected chi connectivity index (χ4v) is 1.98. The molecule has 0 radical (unpaired) electrons. The van der Waals surface area contributed by atoms with E-state index in [0.717, 1.165) is 12.1 Å². The van der Waals surface area contributed by atoms with Gasteiger partial charge in [0, 0.05) is 16.7 Å². The first-order valence-corrected chi connectivity index (χ1v) is 6.64. The van der Waals surface area contributed by atoms with Crippen LogP contribution < -0.4 is 10.9 Å². The molecule has 0 spiro atoms. The van der Waals surface area contributed by atoms with Crippen LogP contribution >= 0.6 is 23.2 Å². The Morgan fingerprint density at radius 1 is 0.864 bits per heavy atom. The van der Waals surface area contributed by atoms with Gasteiger partial charge in [0.1, 0.15) is 11.6 Å². The number of hydrogen-bond donors (Lipinski definition) is 2. The second-order valence-corrected chi connectivity index (χ2v) is 5.03. The molecule has 2 rings (SSSR count). The molecule has 114 valence electrons. The highest BCUT2D eigenvalue weighted by Crippen LogP contribution is 2.20. The highest BCUT2D eigenvalue weighted by atomic mass is 35.5. The first kappa shape index (κ1) is 16.2. The molecule has 8 heteroatoms. The van der Waals surface area contributed by atoms with E-state index in [1.165, 1.54) is 18.2 Å². The van der Waals surface area contributed by atoms with E-state index in [0.29, 0.717) is 6.07 Å². The number of carbonyl (C=O) groups is 2. The van der Waals surface area contributed by atoms with Gasteiger partial charge in [0.2, 0.25) is 0 Å². The number of carbonyl (C=O) groups excluding carboxylic acids is 2. The molecule has 0 aliphatic carbocycles. The van der Waals surface area contributed by atoms with Crippen molar-refractivity contribution in [3.05, 3.63) is 69.2 Å². The van der Waals surface area contributed by atoms with Crippen LogP contribution in [-0.4, -0.2) is 11.8 Å². The summed E-state index contributed by atoms with van der Waals surface area (Å²) in [4.78, 5) is 23.6. The lowest BCUT2D eigenvalue weighted by Gasteiger charge is -2.09. The Morgan fingerprint density at radius 2 is 1.45 bits per heavy atom. The van der Waals surface area contributed by atoms with E-state index in [9.17, 15) is 18.4 Å². The topological polar surface area (TPSA) is 58.2 Å². The van der Waals surface area contributed by atoms with E-state index in [1.54, 1.807) is 0 Å². The summed E-state index contributed by atoms with van der Waals surface area (Å²) in [6, 6.07) is 6.51. The van der Waals surface area contributed by atoms with Crippen molar-refractivity contribution in [2.24, 2.45) is 0 Å². The zero-order valence-electron chi connectivity index (χ0n) is 10.8. The summed E-state index contributed by atoms with van der Waals surface area (Å²) in [6.45, 7) is 0. The minimum atomic E-state index is -0.908. The molecule has 2 aromatic carbocycles. The van der Waals surface area contributed by atoms with Crippen LogP contribution in [0.3, 0.4) is 0 Å². The second-order valence-electron chi connectivity index (χ2n) is 4.19. The summed E-state index contributed by atoms with van der Waals surface area (Å²) >= 11 is 11.6. The molecule has 0 aromatic heterocycles. The van der Waals surface area contributed by atoms with Crippen molar-refractivity contribution in [2.75, 3.05) is 0 Å². The normalized spacial score (nSPS) is 10.2. The number of rotatable bonds is 2. The summed E-state index contributed by atoms with van der Waals surface area (Å²) in [5.74, 6) is -3.42. The molecule has 2 aromatic rings. The first-order valence-electron chi connectivity index (χ1n) is 5.88. The molecule has 2 N–H and O–H groups in total. The van der Waals surface area contributed by atoms with Crippen molar-refractivity contribution < 1.29 is 18.4 Å². The van der Waals surface area contributed by atoms with Gasteiger partial charge in [-0.15, -0.1) is 0 Å². The van der Waals surface area contributed by atoms with E-state index >= 15 is 0 Å². The van der Waals surface area contributed by atoms with Crippen LogP contribution in [0.2, 0.25) is 10.0 Å². The SMILES string of the molecule is O=C(NNC(=O)c1cc(Cl)ccc1Cl)c1cc(F)cc(F)c1. The van der Waals surface area contributed by atoms with Crippen LogP contribution in [0.5, 0.6) is 0 Å². The molecule has 0 aliphatic rings. The van der Waals surface area contributed by atoms with E-state index in [2.05, 4.69) is 5.43 Å². The average Bonchev–Trinajstić information content (AvgIpc) is 2.45. The number of halogens is 4. The molecule has 0 bridgehead atoms. The minimum absolute atomic E-state index is 0.0416. The lowest BCUT2D eigenvalue weighted by molar-refractivity contribution is 0.0846. The number of benzene rings is 2. The molecule has 2 amide bonds. The number of hydrogen-bond acceptors (Lipinski definition) is 2. The molecule has 0 saturated carbocycles. The summed E-state index contributed by atoms with van der Waals surface area (Å²) in [6.07, 6.45) is 0. The van der Waals surface area contributed by atoms with Crippen LogP contribution in [-0.2, 0) is 0 Å². The zero-order valence-corrected chi connectivity index (χ0v) is 12.3. The lowest BCUT2D eigenvalue weighted by atomic mass is 10.2. The Kier molecular flexibility index (Phi) is 4.95. The van der Waals surface area contributed by atoms with Crippen molar-refractivity contribution >= 4 is 35.0 Å². The number of amides is 2. The Bertz CT molecular complexity index is 733. The Balaban J connectivity index is 2.07. The first-order chi connectivity index (χ1) is 10.4. The third-order valence-corrected chi connectivity index (χ3v) is 3.15. The lowest BCUT2D eigenvalue weighted by Crippen LogP contribution is -2.41. The predicted molar refractivity (Wildman–Crippen MR) is 77.8 cm³/mol. The van der Waals surface area contributed by atoms with Crippen molar-refractivity contribution in [3.63, 3.8) is 0 Å². The van der Waals surface area contributed by atoms with E-state index < -0.39 is 23.4 Å². The van der Waals surface area contributed by atoms with Gasteiger partial charge in [-0.1, -0.05) is 23.2 Å². The van der Waals surface area contributed by atoms with E-state index in [4.69, 9.17) is 23.2 Å². The van der Waals surface area contributed by atoms with Gasteiger partial charge in [-0.2, -0.15) is 0 Å². The van der Waals surface area contributed by atoms with Gasteiger partial charge in [0.15, 0.2) is 0 Å². The average molecular weight is 345 g/mol. The summed E-state index contributed by atoms with van der Waals surface area (Å²) in [5, 5.41) is 0.418. The van der Waals surface area contributed by atoms with Crippen molar-refractivity contribution in [3.8, 4) is 0 Å². The maximum Gasteiger partial charge on any atom is 0.271 e. The maximum absolute atomic E-state index is 13.0. The van der Waals surface area contributed by atoms with Crippen molar-refractivity contribution in [2.45, 2.75) is 0 Å². The van der Waals surface area contributed by atoms with Gasteiger partial charge in [0.05, 0.1) is 10.6 Å². The molecule has 22 heavy (non-hydrogen) atoms. The van der Waals surface area contributed by atoms with Gasteiger partial charge in [0.25, 0.3) is 11.8 Å².